The van der Waals surface area contributed by atoms with E-state index in [-0.39, 0.29) is 5.78 Å². The predicted octanol–water partition coefficient (Wildman–Crippen LogP) is 2.75. The third kappa shape index (κ3) is 1.44. The Morgan fingerprint density at radius 1 is 1.50 bits per heavy atom. The summed E-state index contributed by atoms with van der Waals surface area (Å²) >= 11 is 0. The maximum atomic E-state index is 12.4. The number of imidazole rings is 1. The van der Waals surface area contributed by atoms with Gasteiger partial charge in [0, 0.05) is 5.56 Å². The van der Waals surface area contributed by atoms with Gasteiger partial charge in [-0.2, -0.15) is 5.26 Å². The Labute approximate surface area is 105 Å². The number of Topliss-reactive ketones (excluding diaryl/α,β-unsaturated/α-hetero) is 1. The Morgan fingerprint density at radius 3 is 2.89 bits per heavy atom. The zero-order valence-electron chi connectivity index (χ0n) is 10.2. The molecule has 0 spiro atoms. The van der Waals surface area contributed by atoms with E-state index in [0.29, 0.717) is 18.4 Å². The van der Waals surface area contributed by atoms with Gasteiger partial charge < -0.3 is 4.98 Å². The van der Waals surface area contributed by atoms with E-state index in [9.17, 15) is 10.1 Å². The van der Waals surface area contributed by atoms with Crippen LogP contribution in [0.2, 0.25) is 0 Å². The number of hydrogen-bond acceptors (Lipinski definition) is 3. The van der Waals surface area contributed by atoms with Gasteiger partial charge in [-0.1, -0.05) is 0 Å². The Morgan fingerprint density at radius 2 is 2.28 bits per heavy atom. The summed E-state index contributed by atoms with van der Waals surface area (Å²) in [5.41, 5.74) is 1.53. The van der Waals surface area contributed by atoms with Crippen LogP contribution < -0.4 is 0 Å². The number of carbonyl (C=O) groups excluding carboxylic acids is 1. The average Bonchev–Trinajstić information content (AvgIpc) is 2.67. The monoisotopic (exact) mass is 239 g/mol. The minimum Gasteiger partial charge on any atom is -0.342 e. The first-order valence-electron chi connectivity index (χ1n) is 6.07. The number of ketones is 1. The molecule has 1 fully saturated rings. The normalized spacial score (nSPS) is 17.1. The second-order valence-corrected chi connectivity index (χ2v) is 4.93. The lowest BCUT2D eigenvalue weighted by Crippen LogP contribution is -2.36. The van der Waals surface area contributed by atoms with Gasteiger partial charge in [-0.3, -0.25) is 4.79 Å². The molecule has 1 saturated carbocycles. The molecule has 0 amide bonds. The number of fused-ring (bicyclic) bond motifs is 1. The quantitative estimate of drug-likeness (QED) is 0.819. The number of nitrogens with zero attached hydrogens (tertiary/aromatic N) is 2. The zero-order chi connectivity index (χ0) is 12.8. The highest BCUT2D eigenvalue weighted by Crippen LogP contribution is 2.43. The van der Waals surface area contributed by atoms with Crippen LogP contribution in [-0.4, -0.2) is 15.8 Å². The van der Waals surface area contributed by atoms with E-state index in [2.05, 4.69) is 16.0 Å². The van der Waals surface area contributed by atoms with Crippen molar-refractivity contribution >= 4 is 16.8 Å². The fourth-order valence-electron chi connectivity index (χ4n) is 2.47. The topological polar surface area (TPSA) is 69.5 Å². The van der Waals surface area contributed by atoms with Crippen molar-refractivity contribution in [2.45, 2.75) is 26.2 Å². The molecule has 0 bridgehead atoms. The lowest BCUT2D eigenvalue weighted by molar-refractivity contribution is 0.0748. The van der Waals surface area contributed by atoms with Gasteiger partial charge in [0.25, 0.3) is 0 Å². The van der Waals surface area contributed by atoms with E-state index < -0.39 is 5.41 Å². The summed E-state index contributed by atoms with van der Waals surface area (Å²) in [5, 5.41) is 9.19. The second kappa shape index (κ2) is 3.67. The van der Waals surface area contributed by atoms with Crippen molar-refractivity contribution in [3.8, 4) is 6.07 Å². The van der Waals surface area contributed by atoms with Gasteiger partial charge in [-0.05, 0) is 44.4 Å². The summed E-state index contributed by atoms with van der Waals surface area (Å²) in [6.07, 6.45) is 2.33. The number of nitrogens with one attached hydrogen (secondary N) is 1. The first-order valence-corrected chi connectivity index (χ1v) is 6.07. The fraction of sp³-hybridized carbons (Fsp3) is 0.357. The van der Waals surface area contributed by atoms with Crippen LogP contribution in [0.15, 0.2) is 18.2 Å². The van der Waals surface area contributed by atoms with Crippen LogP contribution in [0.4, 0.5) is 0 Å². The number of aromatic amines is 1. The van der Waals surface area contributed by atoms with Gasteiger partial charge in [-0.25, -0.2) is 4.98 Å². The minimum atomic E-state index is -0.775. The highest BCUT2D eigenvalue weighted by Gasteiger charge is 2.44. The number of H-pyrrole nitrogens is 1. The van der Waals surface area contributed by atoms with Crippen molar-refractivity contribution in [1.29, 1.82) is 5.26 Å². The zero-order valence-corrected chi connectivity index (χ0v) is 10.2. The molecular weight excluding hydrogens is 226 g/mol. The van der Waals surface area contributed by atoms with Crippen LogP contribution in [0, 0.1) is 23.7 Å². The SMILES string of the molecule is Cc1nc2ccc(C(=O)C3(C#N)CCC3)cc2[nH]1. The molecule has 2 aromatic rings. The van der Waals surface area contributed by atoms with Crippen molar-refractivity contribution in [3.05, 3.63) is 29.6 Å². The highest BCUT2D eigenvalue weighted by molar-refractivity contribution is 6.04. The molecule has 0 atom stereocenters. The predicted molar refractivity (Wildman–Crippen MR) is 67.1 cm³/mol. The smallest absolute Gasteiger partial charge is 0.183 e. The Hall–Kier alpha value is -2.15. The Balaban J connectivity index is 2.04. The van der Waals surface area contributed by atoms with Crippen molar-refractivity contribution in [2.75, 3.05) is 0 Å². The molecule has 0 saturated heterocycles. The number of rotatable bonds is 2. The number of carbonyl (C=O) groups is 1. The first kappa shape index (κ1) is 11.0. The van der Waals surface area contributed by atoms with E-state index in [0.717, 1.165) is 23.3 Å². The highest BCUT2D eigenvalue weighted by atomic mass is 16.1. The number of nitriles is 1. The fourth-order valence-corrected chi connectivity index (χ4v) is 2.47. The van der Waals surface area contributed by atoms with Gasteiger partial charge >= 0.3 is 0 Å². The minimum absolute atomic E-state index is 0.0506. The molecular formula is C14H13N3O. The van der Waals surface area contributed by atoms with Gasteiger partial charge in [0.05, 0.1) is 17.1 Å². The van der Waals surface area contributed by atoms with Crippen molar-refractivity contribution in [2.24, 2.45) is 5.41 Å². The standard InChI is InChI=1S/C14H13N3O/c1-9-16-11-4-3-10(7-12(11)17-9)13(18)14(8-15)5-2-6-14/h3-4,7H,2,5-6H2,1H3,(H,16,17). The van der Waals surface area contributed by atoms with E-state index in [1.54, 1.807) is 12.1 Å². The molecule has 18 heavy (non-hydrogen) atoms. The molecule has 1 heterocycles. The molecule has 4 nitrogen and oxygen atoms in total. The van der Waals surface area contributed by atoms with Gasteiger partial charge in [0.2, 0.25) is 0 Å². The molecule has 3 rings (SSSR count). The Bertz CT molecular complexity index is 674. The molecule has 0 unspecified atom stereocenters. The molecule has 0 aliphatic heterocycles. The van der Waals surface area contributed by atoms with Crippen LogP contribution in [-0.2, 0) is 0 Å². The molecule has 0 radical (unpaired) electrons. The average molecular weight is 239 g/mol. The van der Waals surface area contributed by atoms with Gasteiger partial charge in [0.15, 0.2) is 5.78 Å². The van der Waals surface area contributed by atoms with Crippen LogP contribution >= 0.6 is 0 Å². The number of hydrogen-bond donors (Lipinski definition) is 1. The van der Waals surface area contributed by atoms with Crippen molar-refractivity contribution < 1.29 is 4.79 Å². The lowest BCUT2D eigenvalue weighted by Gasteiger charge is -2.33. The number of aromatic nitrogens is 2. The molecule has 1 aliphatic carbocycles. The second-order valence-electron chi connectivity index (χ2n) is 4.93. The van der Waals surface area contributed by atoms with E-state index >= 15 is 0 Å². The summed E-state index contributed by atoms with van der Waals surface area (Å²) in [6.45, 7) is 1.88. The van der Waals surface area contributed by atoms with E-state index in [1.165, 1.54) is 0 Å². The number of aryl methyl sites for hydroxylation is 1. The summed E-state index contributed by atoms with van der Waals surface area (Å²) < 4.78 is 0. The first-order chi connectivity index (χ1) is 8.64. The molecule has 1 aromatic heterocycles. The Kier molecular flexibility index (Phi) is 2.24. The summed E-state index contributed by atoms with van der Waals surface area (Å²) in [4.78, 5) is 19.8. The van der Waals surface area contributed by atoms with Gasteiger partial charge in [0.1, 0.15) is 11.2 Å². The lowest BCUT2D eigenvalue weighted by atomic mass is 9.65. The van der Waals surface area contributed by atoms with Crippen LogP contribution in [0.3, 0.4) is 0 Å². The molecule has 1 aliphatic rings. The third-order valence-corrected chi connectivity index (χ3v) is 3.72. The summed E-state index contributed by atoms with van der Waals surface area (Å²) in [7, 11) is 0. The van der Waals surface area contributed by atoms with E-state index in [1.807, 2.05) is 13.0 Å². The maximum absolute atomic E-state index is 12.4. The van der Waals surface area contributed by atoms with Crippen molar-refractivity contribution in [3.63, 3.8) is 0 Å². The summed E-state index contributed by atoms with van der Waals surface area (Å²) in [6, 6.07) is 7.59. The van der Waals surface area contributed by atoms with Crippen molar-refractivity contribution in [1.82, 2.24) is 9.97 Å². The molecule has 90 valence electrons. The number of benzene rings is 1. The van der Waals surface area contributed by atoms with Crippen LogP contribution in [0.5, 0.6) is 0 Å². The van der Waals surface area contributed by atoms with Crippen LogP contribution in [0.1, 0.15) is 35.4 Å². The largest absolute Gasteiger partial charge is 0.342 e. The molecule has 1 N–H and O–H groups in total. The van der Waals surface area contributed by atoms with Crippen LogP contribution in [0.25, 0.3) is 11.0 Å². The van der Waals surface area contributed by atoms with Gasteiger partial charge in [-0.15, -0.1) is 0 Å². The maximum Gasteiger partial charge on any atom is 0.183 e. The summed E-state index contributed by atoms with van der Waals surface area (Å²) in [5.74, 6) is 0.777. The molecule has 1 aromatic carbocycles. The molecule has 4 heteroatoms. The van der Waals surface area contributed by atoms with E-state index in [4.69, 9.17) is 0 Å². The third-order valence-electron chi connectivity index (χ3n) is 3.72.